The van der Waals surface area contributed by atoms with E-state index in [2.05, 4.69) is 15.4 Å². The number of fused-ring (bicyclic) bond motifs is 1. The molecule has 2 aliphatic heterocycles. The van der Waals surface area contributed by atoms with Gasteiger partial charge in [0.25, 0.3) is 0 Å². The highest BCUT2D eigenvalue weighted by atomic mass is 16.8. The van der Waals surface area contributed by atoms with Gasteiger partial charge in [-0.1, -0.05) is 0 Å². The molecular weight excluding hydrogens is 224 g/mol. The number of aryl methyl sites for hydroxylation is 1. The lowest BCUT2D eigenvalue weighted by Gasteiger charge is -2.21. The molecule has 4 atom stereocenters. The third-order valence-corrected chi connectivity index (χ3v) is 3.06. The molecule has 0 radical (unpaired) electrons. The smallest absolute Gasteiger partial charge is 0.206 e. The molecule has 1 aromatic rings. The van der Waals surface area contributed by atoms with Gasteiger partial charge >= 0.3 is 0 Å². The topological polar surface area (TPSA) is 71.3 Å². The molecule has 2 aliphatic rings. The van der Waals surface area contributed by atoms with Crippen LogP contribution in [0.25, 0.3) is 0 Å². The Labute approximate surface area is 99.0 Å². The lowest BCUT2D eigenvalue weighted by atomic mass is 10.1. The van der Waals surface area contributed by atoms with E-state index in [0.717, 1.165) is 0 Å². The number of tetrazole rings is 1. The Morgan fingerprint density at radius 1 is 1.24 bits per heavy atom. The molecule has 0 unspecified atom stereocenters. The Bertz CT molecular complexity index is 433. The lowest BCUT2D eigenvalue weighted by Crippen LogP contribution is -2.27. The number of hydrogen-bond donors (Lipinski definition) is 0. The molecule has 17 heavy (non-hydrogen) atoms. The number of nitrogens with zero attached hydrogens (tertiary/aromatic N) is 4. The van der Waals surface area contributed by atoms with Gasteiger partial charge in [0.15, 0.2) is 11.9 Å². The molecule has 0 amide bonds. The van der Waals surface area contributed by atoms with Gasteiger partial charge in [0, 0.05) is 0 Å². The van der Waals surface area contributed by atoms with Gasteiger partial charge in [-0.25, -0.2) is 0 Å². The molecule has 2 saturated heterocycles. The fourth-order valence-electron chi connectivity index (χ4n) is 2.42. The van der Waals surface area contributed by atoms with E-state index in [4.69, 9.17) is 14.2 Å². The fraction of sp³-hybridized carbons (Fsp3) is 0.900. The van der Waals surface area contributed by atoms with Gasteiger partial charge < -0.3 is 14.2 Å². The highest BCUT2D eigenvalue weighted by Crippen LogP contribution is 2.43. The second-order valence-electron chi connectivity index (χ2n) is 4.96. The maximum absolute atomic E-state index is 5.86. The van der Waals surface area contributed by atoms with E-state index in [-0.39, 0.29) is 24.4 Å². The molecule has 94 valence electrons. The molecule has 3 heterocycles. The van der Waals surface area contributed by atoms with Crippen LogP contribution >= 0.6 is 0 Å². The van der Waals surface area contributed by atoms with E-state index in [1.807, 2.05) is 20.8 Å². The summed E-state index contributed by atoms with van der Waals surface area (Å²) in [5.74, 6) is -0.0264. The van der Waals surface area contributed by atoms with E-state index in [9.17, 15) is 0 Å². The van der Waals surface area contributed by atoms with Crippen molar-refractivity contribution in [3.63, 3.8) is 0 Å². The highest BCUT2D eigenvalue weighted by Gasteiger charge is 2.55. The van der Waals surface area contributed by atoms with Gasteiger partial charge in [-0.15, -0.1) is 10.2 Å². The second-order valence-corrected chi connectivity index (χ2v) is 4.96. The average Bonchev–Trinajstić information content (AvgIpc) is 2.84. The summed E-state index contributed by atoms with van der Waals surface area (Å²) in [6, 6.07) is 0. The molecule has 0 N–H and O–H groups in total. The summed E-state index contributed by atoms with van der Waals surface area (Å²) < 4.78 is 17.5. The highest BCUT2D eigenvalue weighted by molar-refractivity contribution is 5.03. The third kappa shape index (κ3) is 1.74. The Morgan fingerprint density at radius 3 is 2.59 bits per heavy atom. The Hall–Kier alpha value is -1.05. The van der Waals surface area contributed by atoms with Gasteiger partial charge in [-0.2, -0.15) is 4.80 Å². The van der Waals surface area contributed by atoms with Crippen molar-refractivity contribution in [2.45, 2.75) is 51.0 Å². The number of hydrogen-bond acceptors (Lipinski definition) is 6. The van der Waals surface area contributed by atoms with Crippen molar-refractivity contribution in [2.24, 2.45) is 7.05 Å². The zero-order chi connectivity index (χ0) is 12.2. The largest absolute Gasteiger partial charge is 0.361 e. The number of ether oxygens (including phenoxy) is 3. The quantitative estimate of drug-likeness (QED) is 0.698. The molecule has 3 rings (SSSR count). The summed E-state index contributed by atoms with van der Waals surface area (Å²) in [5, 5.41) is 12.0. The van der Waals surface area contributed by atoms with Crippen LogP contribution in [-0.4, -0.2) is 44.3 Å². The molecule has 0 aliphatic carbocycles. The lowest BCUT2D eigenvalue weighted by molar-refractivity contribution is -0.186. The molecule has 7 nitrogen and oxygen atoms in total. The monoisotopic (exact) mass is 240 g/mol. The van der Waals surface area contributed by atoms with Crippen molar-refractivity contribution in [3.8, 4) is 0 Å². The van der Waals surface area contributed by atoms with E-state index >= 15 is 0 Å². The molecule has 0 aromatic carbocycles. The number of rotatable bonds is 1. The SMILES string of the molecule is C[C@@H]1O[C@H](c2nnn(C)n2)[C@H]2OC(C)(C)O[C@H]21. The molecule has 2 fully saturated rings. The van der Waals surface area contributed by atoms with E-state index < -0.39 is 5.79 Å². The van der Waals surface area contributed by atoms with Crippen LogP contribution in [0.1, 0.15) is 32.7 Å². The van der Waals surface area contributed by atoms with Crippen LogP contribution in [0, 0.1) is 0 Å². The van der Waals surface area contributed by atoms with Gasteiger partial charge in [0.2, 0.25) is 5.82 Å². The predicted molar refractivity (Wildman–Crippen MR) is 55.9 cm³/mol. The third-order valence-electron chi connectivity index (χ3n) is 3.06. The molecule has 7 heteroatoms. The molecular formula is C10H16N4O3. The first-order chi connectivity index (χ1) is 7.96. The van der Waals surface area contributed by atoms with Crippen LogP contribution in [0.3, 0.4) is 0 Å². The normalized spacial score (nSPS) is 39.5. The second kappa shape index (κ2) is 3.47. The minimum absolute atomic E-state index is 0.0319. The van der Waals surface area contributed by atoms with Crippen molar-refractivity contribution in [2.75, 3.05) is 0 Å². The standard InChI is InChI=1S/C10H16N4O3/c1-5-6-7(17-10(2,3)16-6)8(15-5)9-11-13-14(4)12-9/h5-8H,1-4H3/t5-,6-,7-,8-/m0/s1. The van der Waals surface area contributed by atoms with Crippen molar-refractivity contribution >= 4 is 0 Å². The van der Waals surface area contributed by atoms with Gasteiger partial charge in [-0.3, -0.25) is 0 Å². The van der Waals surface area contributed by atoms with Gasteiger partial charge in [-0.05, 0) is 26.0 Å². The van der Waals surface area contributed by atoms with Crippen molar-refractivity contribution in [3.05, 3.63) is 5.82 Å². The summed E-state index contributed by atoms with van der Waals surface area (Å²) in [7, 11) is 1.72. The average molecular weight is 240 g/mol. The zero-order valence-electron chi connectivity index (χ0n) is 10.3. The first-order valence-electron chi connectivity index (χ1n) is 5.71. The van der Waals surface area contributed by atoms with Crippen LogP contribution in [-0.2, 0) is 21.3 Å². The van der Waals surface area contributed by atoms with E-state index in [0.29, 0.717) is 5.82 Å². The minimum Gasteiger partial charge on any atom is -0.361 e. The Balaban J connectivity index is 1.88. The minimum atomic E-state index is -0.576. The van der Waals surface area contributed by atoms with Crippen molar-refractivity contribution in [1.82, 2.24) is 20.2 Å². The molecule has 0 saturated carbocycles. The Morgan fingerprint density at radius 2 is 1.94 bits per heavy atom. The number of aromatic nitrogens is 4. The van der Waals surface area contributed by atoms with Crippen LogP contribution in [0.4, 0.5) is 0 Å². The van der Waals surface area contributed by atoms with Gasteiger partial charge in [0.1, 0.15) is 12.2 Å². The Kier molecular flexibility index (Phi) is 2.26. The fourth-order valence-corrected chi connectivity index (χ4v) is 2.42. The summed E-state index contributed by atoms with van der Waals surface area (Å²) in [6.07, 6.45) is -0.566. The maximum atomic E-state index is 5.86. The van der Waals surface area contributed by atoms with Crippen LogP contribution in [0.2, 0.25) is 0 Å². The summed E-state index contributed by atoms with van der Waals surface area (Å²) in [4.78, 5) is 1.41. The molecule has 1 aromatic heterocycles. The van der Waals surface area contributed by atoms with Crippen LogP contribution in [0.5, 0.6) is 0 Å². The van der Waals surface area contributed by atoms with Crippen molar-refractivity contribution < 1.29 is 14.2 Å². The van der Waals surface area contributed by atoms with Crippen LogP contribution < -0.4 is 0 Å². The predicted octanol–water partition coefficient (Wildman–Crippen LogP) is 0.190. The summed E-state index contributed by atoms with van der Waals surface area (Å²) in [6.45, 7) is 5.77. The van der Waals surface area contributed by atoms with E-state index in [1.165, 1.54) is 4.80 Å². The first-order valence-corrected chi connectivity index (χ1v) is 5.71. The summed E-state index contributed by atoms with van der Waals surface area (Å²) >= 11 is 0. The van der Waals surface area contributed by atoms with Crippen LogP contribution in [0.15, 0.2) is 0 Å². The molecule has 0 bridgehead atoms. The first kappa shape index (κ1) is 11.1. The summed E-state index contributed by atoms with van der Waals surface area (Å²) in [5.41, 5.74) is 0. The van der Waals surface area contributed by atoms with Crippen molar-refractivity contribution in [1.29, 1.82) is 0 Å². The van der Waals surface area contributed by atoms with E-state index in [1.54, 1.807) is 7.05 Å². The van der Waals surface area contributed by atoms with Gasteiger partial charge in [0.05, 0.1) is 13.2 Å². The zero-order valence-corrected chi connectivity index (χ0v) is 10.3. The molecule has 0 spiro atoms. The maximum Gasteiger partial charge on any atom is 0.206 e.